The lowest BCUT2D eigenvalue weighted by Gasteiger charge is -2.10. The minimum atomic E-state index is 0. The second kappa shape index (κ2) is 8.90. The maximum atomic E-state index is 4.68. The van der Waals surface area contributed by atoms with Crippen molar-refractivity contribution in [2.75, 3.05) is 6.54 Å². The number of rotatable bonds is 6. The number of hydrogen-bond acceptors (Lipinski definition) is 2. The number of aliphatic imine (C=N–C) groups is 1. The van der Waals surface area contributed by atoms with Crippen LogP contribution in [0.25, 0.3) is 0 Å². The van der Waals surface area contributed by atoms with E-state index in [1.54, 1.807) is 6.20 Å². The van der Waals surface area contributed by atoms with Crippen molar-refractivity contribution in [1.82, 2.24) is 20.2 Å². The largest absolute Gasteiger partial charge is 0.357 e. The number of hydrogen-bond donors (Lipinski definition) is 2. The van der Waals surface area contributed by atoms with E-state index in [9.17, 15) is 0 Å². The molecule has 2 N–H and O–H groups in total. The van der Waals surface area contributed by atoms with Crippen molar-refractivity contribution in [3.05, 3.63) is 54.1 Å². The lowest BCUT2D eigenvalue weighted by molar-refractivity contribution is 0.793. The van der Waals surface area contributed by atoms with Crippen LogP contribution in [0.4, 0.5) is 0 Å². The number of nitrogens with zero attached hydrogens (tertiary/aromatic N) is 3. The number of imidazole rings is 1. The van der Waals surface area contributed by atoms with Gasteiger partial charge in [-0.3, -0.25) is 0 Å². The molecule has 0 radical (unpaired) electrons. The van der Waals surface area contributed by atoms with E-state index in [4.69, 9.17) is 0 Å². The topological polar surface area (TPSA) is 54.2 Å². The predicted molar refractivity (Wildman–Crippen MR) is 104 cm³/mol. The highest BCUT2D eigenvalue weighted by Gasteiger charge is 2.21. The molecule has 2 aromatic rings. The summed E-state index contributed by atoms with van der Waals surface area (Å²) in [5, 5.41) is 6.74. The van der Waals surface area contributed by atoms with Crippen molar-refractivity contribution in [2.24, 2.45) is 4.99 Å². The molecule has 0 saturated heterocycles. The Balaban J connectivity index is 0.00000192. The Labute approximate surface area is 154 Å². The Morgan fingerprint density at radius 3 is 2.87 bits per heavy atom. The highest BCUT2D eigenvalue weighted by molar-refractivity contribution is 14.0. The van der Waals surface area contributed by atoms with Crippen molar-refractivity contribution >= 4 is 29.9 Å². The molecule has 1 fully saturated rings. The summed E-state index contributed by atoms with van der Waals surface area (Å²) in [6.07, 6.45) is 8.14. The zero-order valence-corrected chi connectivity index (χ0v) is 15.7. The molecule has 0 amide bonds. The molecule has 0 spiro atoms. The predicted octanol–water partition coefficient (Wildman–Crippen LogP) is 2.77. The van der Waals surface area contributed by atoms with E-state index in [1.807, 2.05) is 12.5 Å². The number of guanidine groups is 1. The van der Waals surface area contributed by atoms with Crippen LogP contribution in [-0.4, -0.2) is 28.1 Å². The van der Waals surface area contributed by atoms with Gasteiger partial charge in [-0.25, -0.2) is 9.98 Å². The van der Waals surface area contributed by atoms with Crippen molar-refractivity contribution in [1.29, 1.82) is 0 Å². The van der Waals surface area contributed by atoms with Gasteiger partial charge in [0.25, 0.3) is 0 Å². The number of aromatic nitrogens is 2. The number of nitrogens with one attached hydrogen (secondary N) is 2. The molecule has 0 bridgehead atoms. The molecule has 6 heteroatoms. The van der Waals surface area contributed by atoms with Gasteiger partial charge in [0.1, 0.15) is 0 Å². The van der Waals surface area contributed by atoms with Gasteiger partial charge < -0.3 is 15.2 Å². The third-order valence-electron chi connectivity index (χ3n) is 3.60. The van der Waals surface area contributed by atoms with Crippen LogP contribution in [0.1, 0.15) is 30.9 Å². The van der Waals surface area contributed by atoms with Crippen molar-refractivity contribution in [3.63, 3.8) is 0 Å². The van der Waals surface area contributed by atoms with Crippen LogP contribution in [0.2, 0.25) is 0 Å². The Hall–Kier alpha value is -1.57. The average Bonchev–Trinajstić information content (AvgIpc) is 3.19. The molecular formula is C17H24IN5. The molecule has 1 aliphatic rings. The quantitative estimate of drug-likeness (QED) is 0.425. The lowest BCUT2D eigenvalue weighted by atomic mass is 10.1. The summed E-state index contributed by atoms with van der Waals surface area (Å²) in [4.78, 5) is 8.76. The Morgan fingerprint density at radius 2 is 2.17 bits per heavy atom. The van der Waals surface area contributed by atoms with Crippen LogP contribution < -0.4 is 10.6 Å². The first-order valence-electron chi connectivity index (χ1n) is 7.92. The molecule has 0 aliphatic heterocycles. The SMILES string of the molecule is CCNC(=NCc1cccc(Cn2ccnc2)c1)NC1CC1.I. The van der Waals surface area contributed by atoms with Crippen LogP contribution in [0.3, 0.4) is 0 Å². The summed E-state index contributed by atoms with van der Waals surface area (Å²) in [5.41, 5.74) is 2.50. The van der Waals surface area contributed by atoms with Gasteiger partial charge in [0.2, 0.25) is 0 Å². The van der Waals surface area contributed by atoms with Crippen LogP contribution in [-0.2, 0) is 13.1 Å². The van der Waals surface area contributed by atoms with Gasteiger partial charge in [0, 0.05) is 31.5 Å². The first-order chi connectivity index (χ1) is 10.8. The van der Waals surface area contributed by atoms with Gasteiger partial charge in [0.05, 0.1) is 12.9 Å². The summed E-state index contributed by atoms with van der Waals surface area (Å²) in [6.45, 7) is 4.52. The molecule has 23 heavy (non-hydrogen) atoms. The normalized spacial score (nSPS) is 14.2. The summed E-state index contributed by atoms with van der Waals surface area (Å²) < 4.78 is 2.07. The van der Waals surface area contributed by atoms with Gasteiger partial charge in [0.15, 0.2) is 5.96 Å². The third-order valence-corrected chi connectivity index (χ3v) is 3.60. The van der Waals surface area contributed by atoms with Crippen molar-refractivity contribution < 1.29 is 0 Å². The van der Waals surface area contributed by atoms with E-state index >= 15 is 0 Å². The smallest absolute Gasteiger partial charge is 0.191 e. The maximum absolute atomic E-state index is 4.68. The molecule has 1 aromatic carbocycles. The molecule has 5 nitrogen and oxygen atoms in total. The Kier molecular flexibility index (Phi) is 6.88. The zero-order chi connectivity index (χ0) is 15.2. The molecular weight excluding hydrogens is 401 g/mol. The molecule has 3 rings (SSSR count). The fourth-order valence-electron chi connectivity index (χ4n) is 2.33. The van der Waals surface area contributed by atoms with Gasteiger partial charge in [-0.2, -0.15) is 0 Å². The van der Waals surface area contributed by atoms with Gasteiger partial charge in [-0.05, 0) is 30.9 Å². The summed E-state index contributed by atoms with van der Waals surface area (Å²) in [7, 11) is 0. The van der Waals surface area contributed by atoms with Crippen LogP contribution in [0.15, 0.2) is 48.0 Å². The minimum absolute atomic E-state index is 0. The first kappa shape index (κ1) is 17.8. The van der Waals surface area contributed by atoms with E-state index in [0.29, 0.717) is 12.6 Å². The fourth-order valence-corrected chi connectivity index (χ4v) is 2.33. The van der Waals surface area contributed by atoms with E-state index < -0.39 is 0 Å². The highest BCUT2D eigenvalue weighted by atomic mass is 127. The molecule has 0 unspecified atom stereocenters. The molecule has 1 heterocycles. The molecule has 124 valence electrons. The van der Waals surface area contributed by atoms with E-state index in [2.05, 4.69) is 56.4 Å². The molecule has 1 saturated carbocycles. The monoisotopic (exact) mass is 425 g/mol. The summed E-state index contributed by atoms with van der Waals surface area (Å²) in [5.74, 6) is 0.921. The van der Waals surface area contributed by atoms with E-state index in [0.717, 1.165) is 19.0 Å². The molecule has 0 atom stereocenters. The van der Waals surface area contributed by atoms with Gasteiger partial charge in [-0.1, -0.05) is 24.3 Å². The van der Waals surface area contributed by atoms with Crippen LogP contribution >= 0.6 is 24.0 Å². The number of halogens is 1. The number of benzene rings is 1. The first-order valence-corrected chi connectivity index (χ1v) is 7.92. The maximum Gasteiger partial charge on any atom is 0.191 e. The fraction of sp³-hybridized carbons (Fsp3) is 0.412. The highest BCUT2D eigenvalue weighted by Crippen LogP contribution is 2.18. The van der Waals surface area contributed by atoms with Crippen molar-refractivity contribution in [2.45, 2.75) is 38.9 Å². The standard InChI is InChI=1S/C17H23N5.HI/c1-2-19-17(21-16-6-7-16)20-11-14-4-3-5-15(10-14)12-22-9-8-18-13-22;/h3-5,8-10,13,16H,2,6-7,11-12H2,1H3,(H2,19,20,21);1H. The van der Waals surface area contributed by atoms with E-state index in [1.165, 1.54) is 24.0 Å². The Morgan fingerprint density at radius 1 is 1.35 bits per heavy atom. The summed E-state index contributed by atoms with van der Waals surface area (Å²) >= 11 is 0. The molecule has 1 aromatic heterocycles. The van der Waals surface area contributed by atoms with Crippen LogP contribution in [0.5, 0.6) is 0 Å². The van der Waals surface area contributed by atoms with Gasteiger partial charge in [-0.15, -0.1) is 24.0 Å². The Bertz CT molecular complexity index is 620. The minimum Gasteiger partial charge on any atom is -0.357 e. The third kappa shape index (κ3) is 5.85. The second-order valence-electron chi connectivity index (χ2n) is 5.67. The summed E-state index contributed by atoms with van der Waals surface area (Å²) in [6, 6.07) is 9.19. The second-order valence-corrected chi connectivity index (χ2v) is 5.67. The van der Waals surface area contributed by atoms with Crippen molar-refractivity contribution in [3.8, 4) is 0 Å². The average molecular weight is 425 g/mol. The molecule has 1 aliphatic carbocycles. The van der Waals surface area contributed by atoms with Gasteiger partial charge >= 0.3 is 0 Å². The van der Waals surface area contributed by atoms with E-state index in [-0.39, 0.29) is 24.0 Å². The zero-order valence-electron chi connectivity index (χ0n) is 13.4. The lowest BCUT2D eigenvalue weighted by Crippen LogP contribution is -2.38. The van der Waals surface area contributed by atoms with Crippen LogP contribution in [0, 0.1) is 0 Å².